The monoisotopic (exact) mass is 382 g/mol. The van der Waals surface area contributed by atoms with Crippen molar-refractivity contribution in [2.75, 3.05) is 13.7 Å². The fourth-order valence-electron chi connectivity index (χ4n) is 3.11. The normalized spacial score (nSPS) is 12.1. The highest BCUT2D eigenvalue weighted by Gasteiger charge is 2.24. The molecule has 2 N–H and O–H groups in total. The molecule has 1 aromatic carbocycles. The molecule has 3 aromatic rings. The van der Waals surface area contributed by atoms with Gasteiger partial charge in [-0.05, 0) is 13.0 Å². The molecule has 0 aliphatic carbocycles. The van der Waals surface area contributed by atoms with Crippen molar-refractivity contribution < 1.29 is 19.4 Å². The number of carbonyl (C=O) groups is 2. The number of aromatic nitrogens is 3. The standard InChI is InChI=1S/C20H22N4O4/c1-12-17-14(19(25)22-15(20(26)27)9-10-28-3)11-16(13-7-5-4-6-8-13)21-18(17)24(2)23-12/h4-8,11,15H,9-10H2,1-3H3,(H,22,25)(H,26,27). The smallest absolute Gasteiger partial charge is 0.326 e. The van der Waals surface area contributed by atoms with E-state index in [2.05, 4.69) is 15.4 Å². The van der Waals surface area contributed by atoms with Crippen LogP contribution >= 0.6 is 0 Å². The van der Waals surface area contributed by atoms with Crippen LogP contribution in [-0.4, -0.2) is 51.5 Å². The number of fused-ring (bicyclic) bond motifs is 1. The van der Waals surface area contributed by atoms with E-state index in [1.54, 1.807) is 24.7 Å². The molecule has 0 spiro atoms. The zero-order chi connectivity index (χ0) is 20.3. The first-order valence-corrected chi connectivity index (χ1v) is 8.84. The van der Waals surface area contributed by atoms with Crippen LogP contribution in [0.3, 0.4) is 0 Å². The topological polar surface area (TPSA) is 106 Å². The van der Waals surface area contributed by atoms with E-state index >= 15 is 0 Å². The van der Waals surface area contributed by atoms with Gasteiger partial charge in [-0.15, -0.1) is 0 Å². The lowest BCUT2D eigenvalue weighted by atomic mass is 10.0. The molecule has 8 nitrogen and oxygen atoms in total. The Bertz CT molecular complexity index is 1010. The summed E-state index contributed by atoms with van der Waals surface area (Å²) in [5.74, 6) is -1.59. The van der Waals surface area contributed by atoms with Crippen LogP contribution in [0, 0.1) is 6.92 Å². The molecule has 8 heteroatoms. The molecular formula is C20H22N4O4. The third-order valence-corrected chi connectivity index (χ3v) is 4.50. The Morgan fingerprint density at radius 2 is 2.00 bits per heavy atom. The molecule has 1 amide bonds. The number of aliphatic carboxylic acids is 1. The molecule has 0 radical (unpaired) electrons. The molecule has 0 fully saturated rings. The maximum Gasteiger partial charge on any atom is 0.326 e. The number of amides is 1. The first-order valence-electron chi connectivity index (χ1n) is 8.84. The van der Waals surface area contributed by atoms with Crippen molar-refractivity contribution in [3.8, 4) is 11.3 Å². The summed E-state index contributed by atoms with van der Waals surface area (Å²) >= 11 is 0. The zero-order valence-corrected chi connectivity index (χ0v) is 16.0. The average Bonchev–Trinajstić information content (AvgIpc) is 2.98. The summed E-state index contributed by atoms with van der Waals surface area (Å²) in [5.41, 5.74) is 3.03. The second-order valence-corrected chi connectivity index (χ2v) is 6.47. The van der Waals surface area contributed by atoms with Crippen LogP contribution in [0.15, 0.2) is 36.4 Å². The molecule has 3 rings (SSSR count). The number of rotatable bonds is 7. The van der Waals surface area contributed by atoms with Crippen LogP contribution in [0.4, 0.5) is 0 Å². The number of carbonyl (C=O) groups excluding carboxylic acids is 1. The van der Waals surface area contributed by atoms with E-state index in [-0.39, 0.29) is 13.0 Å². The van der Waals surface area contributed by atoms with Gasteiger partial charge in [-0.2, -0.15) is 5.10 Å². The van der Waals surface area contributed by atoms with Gasteiger partial charge in [-0.25, -0.2) is 9.78 Å². The first-order chi connectivity index (χ1) is 13.4. The average molecular weight is 382 g/mol. The summed E-state index contributed by atoms with van der Waals surface area (Å²) in [7, 11) is 3.25. The lowest BCUT2D eigenvalue weighted by Gasteiger charge is -2.15. The van der Waals surface area contributed by atoms with E-state index in [4.69, 9.17) is 4.74 Å². The fraction of sp³-hybridized carbons (Fsp3) is 0.300. The Hall–Kier alpha value is -3.26. The van der Waals surface area contributed by atoms with E-state index in [0.717, 1.165) is 5.56 Å². The number of nitrogens with zero attached hydrogens (tertiary/aromatic N) is 3. The number of ether oxygens (including phenoxy) is 1. The maximum absolute atomic E-state index is 13.0. The Balaban J connectivity index is 2.08. The summed E-state index contributed by atoms with van der Waals surface area (Å²) in [6, 6.07) is 10.1. The van der Waals surface area contributed by atoms with Gasteiger partial charge in [0.25, 0.3) is 5.91 Å². The van der Waals surface area contributed by atoms with E-state index in [9.17, 15) is 14.7 Å². The molecule has 0 aliphatic heterocycles. The Morgan fingerprint density at radius 1 is 1.29 bits per heavy atom. The minimum absolute atomic E-state index is 0.170. The highest BCUT2D eigenvalue weighted by Crippen LogP contribution is 2.26. The number of hydrogen-bond acceptors (Lipinski definition) is 5. The largest absolute Gasteiger partial charge is 0.480 e. The summed E-state index contributed by atoms with van der Waals surface area (Å²) in [5, 5.41) is 17.0. The van der Waals surface area contributed by atoms with E-state index in [1.807, 2.05) is 30.3 Å². The van der Waals surface area contributed by atoms with Gasteiger partial charge in [0.2, 0.25) is 0 Å². The molecule has 0 saturated heterocycles. The summed E-state index contributed by atoms with van der Waals surface area (Å²) < 4.78 is 6.56. The highest BCUT2D eigenvalue weighted by molar-refractivity contribution is 6.08. The molecule has 1 unspecified atom stereocenters. The number of pyridine rings is 1. The summed E-state index contributed by atoms with van der Waals surface area (Å²) in [6.07, 6.45) is 0.170. The SMILES string of the molecule is COCCC(NC(=O)c1cc(-c2ccccc2)nc2c1c(C)nn2C)C(=O)O. The highest BCUT2D eigenvalue weighted by atomic mass is 16.5. The molecule has 2 aromatic heterocycles. The number of aryl methyl sites for hydroxylation is 2. The number of carboxylic acids is 1. The summed E-state index contributed by atoms with van der Waals surface area (Å²) in [6.45, 7) is 2.02. The molecular weight excluding hydrogens is 360 g/mol. The molecule has 28 heavy (non-hydrogen) atoms. The predicted octanol–water partition coefficient (Wildman–Crippen LogP) is 2.16. The van der Waals surface area contributed by atoms with E-state index < -0.39 is 17.9 Å². The fourth-order valence-corrected chi connectivity index (χ4v) is 3.11. The van der Waals surface area contributed by atoms with Crippen LogP contribution in [-0.2, 0) is 16.6 Å². The second-order valence-electron chi connectivity index (χ2n) is 6.47. The van der Waals surface area contributed by atoms with Gasteiger partial charge in [0, 0.05) is 32.7 Å². The molecule has 0 aliphatic rings. The van der Waals surface area contributed by atoms with Crippen LogP contribution in [0.25, 0.3) is 22.3 Å². The van der Waals surface area contributed by atoms with Crippen molar-refractivity contribution in [3.05, 3.63) is 47.7 Å². The maximum atomic E-state index is 13.0. The van der Waals surface area contributed by atoms with Crippen LogP contribution in [0.5, 0.6) is 0 Å². The zero-order valence-electron chi connectivity index (χ0n) is 16.0. The molecule has 2 heterocycles. The predicted molar refractivity (Wildman–Crippen MR) is 104 cm³/mol. The van der Waals surface area contributed by atoms with Gasteiger partial charge in [0.15, 0.2) is 5.65 Å². The van der Waals surface area contributed by atoms with E-state index in [1.165, 1.54) is 7.11 Å². The van der Waals surface area contributed by atoms with Crippen LogP contribution < -0.4 is 5.32 Å². The first kappa shape index (κ1) is 19.5. The number of methoxy groups -OCH3 is 1. The summed E-state index contributed by atoms with van der Waals surface area (Å²) in [4.78, 5) is 29.2. The van der Waals surface area contributed by atoms with E-state index in [0.29, 0.717) is 28.0 Å². The lowest BCUT2D eigenvalue weighted by molar-refractivity contribution is -0.139. The number of nitrogens with one attached hydrogen (secondary N) is 1. The van der Waals surface area contributed by atoms with Gasteiger partial charge in [0.05, 0.1) is 22.3 Å². The molecule has 0 bridgehead atoms. The Morgan fingerprint density at radius 3 is 2.64 bits per heavy atom. The van der Waals surface area contributed by atoms with Crippen molar-refractivity contribution in [1.29, 1.82) is 0 Å². The van der Waals surface area contributed by atoms with Crippen molar-refractivity contribution in [2.45, 2.75) is 19.4 Å². The molecule has 1 atom stereocenters. The van der Waals surface area contributed by atoms with Gasteiger partial charge >= 0.3 is 5.97 Å². The van der Waals surface area contributed by atoms with Gasteiger partial charge in [0.1, 0.15) is 6.04 Å². The van der Waals surface area contributed by atoms with Crippen LogP contribution in [0.1, 0.15) is 22.5 Å². The van der Waals surface area contributed by atoms with Gasteiger partial charge in [-0.1, -0.05) is 30.3 Å². The van der Waals surface area contributed by atoms with Crippen molar-refractivity contribution in [1.82, 2.24) is 20.1 Å². The number of benzene rings is 1. The van der Waals surface area contributed by atoms with Crippen molar-refractivity contribution in [3.63, 3.8) is 0 Å². The second kappa shape index (κ2) is 8.18. The molecule has 146 valence electrons. The van der Waals surface area contributed by atoms with Gasteiger partial charge < -0.3 is 15.2 Å². The Labute approximate surface area is 162 Å². The minimum Gasteiger partial charge on any atom is -0.480 e. The quantitative estimate of drug-likeness (QED) is 0.649. The third-order valence-electron chi connectivity index (χ3n) is 4.50. The number of carboxylic acid groups (broad SMARTS) is 1. The Kier molecular flexibility index (Phi) is 5.70. The van der Waals surface area contributed by atoms with Crippen molar-refractivity contribution in [2.24, 2.45) is 7.05 Å². The lowest BCUT2D eigenvalue weighted by Crippen LogP contribution is -2.41. The molecule has 0 saturated carbocycles. The van der Waals surface area contributed by atoms with Crippen molar-refractivity contribution >= 4 is 22.9 Å². The number of hydrogen-bond donors (Lipinski definition) is 2. The minimum atomic E-state index is -1.11. The van der Waals surface area contributed by atoms with Crippen LogP contribution in [0.2, 0.25) is 0 Å². The third kappa shape index (κ3) is 3.86. The van der Waals surface area contributed by atoms with Gasteiger partial charge in [-0.3, -0.25) is 9.48 Å².